The summed E-state index contributed by atoms with van der Waals surface area (Å²) in [6.45, 7) is 6.83. The van der Waals surface area contributed by atoms with Crippen LogP contribution < -0.4 is 10.1 Å². The van der Waals surface area contributed by atoms with Gasteiger partial charge >= 0.3 is 5.97 Å². The van der Waals surface area contributed by atoms with Crippen molar-refractivity contribution >= 4 is 28.8 Å². The predicted octanol–water partition coefficient (Wildman–Crippen LogP) is 5.03. The highest BCUT2D eigenvalue weighted by Gasteiger charge is 2.41. The molecule has 2 heterocycles. The summed E-state index contributed by atoms with van der Waals surface area (Å²) in [5.74, 6) is 0.239. The first-order chi connectivity index (χ1) is 17.4. The van der Waals surface area contributed by atoms with Gasteiger partial charge in [-0.1, -0.05) is 60.6 Å². The summed E-state index contributed by atoms with van der Waals surface area (Å²) in [4.78, 5) is 32.6. The summed E-state index contributed by atoms with van der Waals surface area (Å²) in [5, 5.41) is 5.64. The number of ether oxygens (including phenoxy) is 2. The SMILES string of the molecule is CCC1=C(C(=O)OC)[C@H](c2ccc(C)cc2C)N2C(CC(=O)NCCOc3ccccc3)=CSC2=N1. The van der Waals surface area contributed by atoms with Gasteiger partial charge in [-0.05, 0) is 48.9 Å². The minimum atomic E-state index is -0.420. The van der Waals surface area contributed by atoms with Gasteiger partial charge in [-0.15, -0.1) is 0 Å². The number of esters is 1. The van der Waals surface area contributed by atoms with Crippen molar-refractivity contribution in [1.82, 2.24) is 10.2 Å². The number of para-hydroxylation sites is 1. The molecule has 2 aromatic rings. The van der Waals surface area contributed by atoms with Crippen LogP contribution in [0.1, 0.15) is 42.5 Å². The minimum Gasteiger partial charge on any atom is -0.492 e. The van der Waals surface area contributed by atoms with E-state index in [0.29, 0.717) is 30.8 Å². The normalized spacial score (nSPS) is 16.8. The second-order valence-electron chi connectivity index (χ2n) is 8.65. The number of aryl methyl sites for hydroxylation is 2. The number of hydrogen-bond acceptors (Lipinski definition) is 7. The molecule has 1 N–H and O–H groups in total. The molecule has 36 heavy (non-hydrogen) atoms. The van der Waals surface area contributed by atoms with Gasteiger partial charge in [0.1, 0.15) is 12.4 Å². The number of amides is 1. The number of methoxy groups -OCH3 is 1. The molecule has 7 nitrogen and oxygen atoms in total. The molecule has 0 saturated heterocycles. The van der Waals surface area contributed by atoms with Crippen LogP contribution in [-0.4, -0.2) is 42.2 Å². The van der Waals surface area contributed by atoms with Crippen molar-refractivity contribution < 1.29 is 19.1 Å². The van der Waals surface area contributed by atoms with E-state index in [4.69, 9.17) is 14.5 Å². The maximum absolute atomic E-state index is 13.0. The van der Waals surface area contributed by atoms with Crippen LogP contribution in [0.25, 0.3) is 0 Å². The molecule has 0 radical (unpaired) electrons. The van der Waals surface area contributed by atoms with Gasteiger partial charge in [0.2, 0.25) is 5.91 Å². The molecule has 0 unspecified atom stereocenters. The number of aliphatic imine (C=N–C) groups is 1. The van der Waals surface area contributed by atoms with Crippen molar-refractivity contribution in [2.24, 2.45) is 4.99 Å². The van der Waals surface area contributed by atoms with Gasteiger partial charge in [0, 0.05) is 5.70 Å². The van der Waals surface area contributed by atoms with E-state index in [9.17, 15) is 9.59 Å². The lowest BCUT2D eigenvalue weighted by atomic mass is 9.89. The number of allylic oxidation sites excluding steroid dienone is 1. The molecule has 2 aromatic carbocycles. The van der Waals surface area contributed by atoms with Crippen LogP contribution in [0.4, 0.5) is 0 Å². The molecule has 0 spiro atoms. The highest BCUT2D eigenvalue weighted by atomic mass is 32.2. The largest absolute Gasteiger partial charge is 0.492 e. The van der Waals surface area contributed by atoms with E-state index in [1.165, 1.54) is 18.9 Å². The van der Waals surface area contributed by atoms with Gasteiger partial charge in [0.25, 0.3) is 0 Å². The topological polar surface area (TPSA) is 80.2 Å². The maximum atomic E-state index is 13.0. The number of carbonyl (C=O) groups excluding carboxylic acids is 2. The Labute approximate surface area is 216 Å². The van der Waals surface area contributed by atoms with Crippen LogP contribution in [-0.2, 0) is 14.3 Å². The molecule has 2 aliphatic heterocycles. The van der Waals surface area contributed by atoms with Crippen molar-refractivity contribution in [3.63, 3.8) is 0 Å². The predicted molar refractivity (Wildman–Crippen MR) is 143 cm³/mol. The standard InChI is InChI=1S/C28H31N3O4S/c1-5-23-25(27(33)34-4)26(22-12-11-18(2)15-19(22)3)31-20(17-36-28(31)30-23)16-24(32)29-13-14-35-21-9-7-6-8-10-21/h6-12,15,17,26H,5,13-14,16H2,1-4H3,(H,29,32)/t26-/m0/s1. The van der Waals surface area contributed by atoms with Gasteiger partial charge in [-0.3, -0.25) is 4.79 Å². The van der Waals surface area contributed by atoms with E-state index in [-0.39, 0.29) is 12.3 Å². The van der Waals surface area contributed by atoms with Crippen LogP contribution in [0.5, 0.6) is 5.75 Å². The third-order valence-electron chi connectivity index (χ3n) is 6.13. The van der Waals surface area contributed by atoms with Gasteiger partial charge < -0.3 is 19.7 Å². The fourth-order valence-electron chi connectivity index (χ4n) is 4.44. The molecule has 0 aliphatic carbocycles. The summed E-state index contributed by atoms with van der Waals surface area (Å²) in [5.41, 5.74) is 5.22. The van der Waals surface area contributed by atoms with E-state index in [1.54, 1.807) is 0 Å². The summed E-state index contributed by atoms with van der Waals surface area (Å²) < 4.78 is 10.9. The van der Waals surface area contributed by atoms with Crippen molar-refractivity contribution in [1.29, 1.82) is 0 Å². The number of fused-ring (bicyclic) bond motifs is 1. The molecule has 0 fully saturated rings. The average molecular weight is 506 g/mol. The molecule has 2 aliphatic rings. The summed E-state index contributed by atoms with van der Waals surface area (Å²) in [6, 6.07) is 15.3. The van der Waals surface area contributed by atoms with E-state index in [2.05, 4.69) is 17.4 Å². The number of rotatable bonds is 9. The van der Waals surface area contributed by atoms with Crippen LogP contribution >= 0.6 is 11.8 Å². The Morgan fingerprint density at radius 2 is 1.92 bits per heavy atom. The van der Waals surface area contributed by atoms with E-state index < -0.39 is 12.0 Å². The third kappa shape index (κ3) is 5.49. The zero-order valence-corrected chi connectivity index (χ0v) is 21.9. The van der Waals surface area contributed by atoms with Crippen LogP contribution in [0.2, 0.25) is 0 Å². The van der Waals surface area contributed by atoms with Crippen LogP contribution in [0.15, 0.2) is 75.9 Å². The summed E-state index contributed by atoms with van der Waals surface area (Å²) in [6.07, 6.45) is 0.760. The fraction of sp³-hybridized carbons (Fsp3) is 0.321. The summed E-state index contributed by atoms with van der Waals surface area (Å²) in [7, 11) is 1.39. The molecule has 4 rings (SSSR count). The lowest BCUT2D eigenvalue weighted by Crippen LogP contribution is -2.38. The lowest BCUT2D eigenvalue weighted by Gasteiger charge is -2.37. The quantitative estimate of drug-likeness (QED) is 0.381. The molecule has 0 aromatic heterocycles. The lowest BCUT2D eigenvalue weighted by molar-refractivity contribution is -0.136. The maximum Gasteiger partial charge on any atom is 0.338 e. The zero-order chi connectivity index (χ0) is 25.7. The third-order valence-corrected chi connectivity index (χ3v) is 7.02. The van der Waals surface area contributed by atoms with Crippen LogP contribution in [0, 0.1) is 13.8 Å². The van der Waals surface area contributed by atoms with Gasteiger partial charge in [0.05, 0.1) is 37.4 Å². The Morgan fingerprint density at radius 3 is 2.61 bits per heavy atom. The number of nitrogens with zero attached hydrogens (tertiary/aromatic N) is 2. The first-order valence-corrected chi connectivity index (χ1v) is 12.9. The molecule has 188 valence electrons. The highest BCUT2D eigenvalue weighted by Crippen LogP contribution is 2.46. The van der Waals surface area contributed by atoms with Crippen molar-refractivity contribution in [2.45, 2.75) is 39.7 Å². The van der Waals surface area contributed by atoms with E-state index in [1.807, 2.05) is 67.5 Å². The average Bonchev–Trinajstić information content (AvgIpc) is 3.28. The Hall–Kier alpha value is -3.52. The second-order valence-corrected chi connectivity index (χ2v) is 9.48. The van der Waals surface area contributed by atoms with E-state index >= 15 is 0 Å². The molecule has 1 atom stereocenters. The van der Waals surface area contributed by atoms with Crippen molar-refractivity contribution in [3.8, 4) is 5.75 Å². The second kappa shape index (κ2) is 11.5. The zero-order valence-electron chi connectivity index (χ0n) is 21.0. The van der Waals surface area contributed by atoms with E-state index in [0.717, 1.165) is 33.3 Å². The van der Waals surface area contributed by atoms with Gasteiger partial charge in [-0.2, -0.15) is 0 Å². The Kier molecular flexibility index (Phi) is 8.15. The molecule has 8 heteroatoms. The number of thioether (sulfide) groups is 1. The Bertz CT molecular complexity index is 1240. The first-order valence-electron chi connectivity index (χ1n) is 12.0. The van der Waals surface area contributed by atoms with Crippen molar-refractivity contribution in [2.75, 3.05) is 20.3 Å². The monoisotopic (exact) mass is 505 g/mol. The fourth-order valence-corrected chi connectivity index (χ4v) is 5.38. The molecular formula is C28H31N3O4S. The Morgan fingerprint density at radius 1 is 1.14 bits per heavy atom. The molecule has 0 saturated carbocycles. The molecular weight excluding hydrogens is 474 g/mol. The molecule has 0 bridgehead atoms. The number of amidine groups is 1. The summed E-state index contributed by atoms with van der Waals surface area (Å²) >= 11 is 1.47. The highest BCUT2D eigenvalue weighted by molar-refractivity contribution is 8.16. The van der Waals surface area contributed by atoms with Gasteiger partial charge in [-0.25, -0.2) is 9.79 Å². The minimum absolute atomic E-state index is 0.121. The Balaban J connectivity index is 1.54. The number of benzene rings is 2. The number of nitrogens with one attached hydrogen (secondary N) is 1. The first kappa shape index (κ1) is 25.6. The van der Waals surface area contributed by atoms with Crippen molar-refractivity contribution in [3.05, 3.63) is 87.6 Å². The van der Waals surface area contributed by atoms with Crippen LogP contribution in [0.3, 0.4) is 0 Å². The smallest absolute Gasteiger partial charge is 0.338 e. The molecule has 1 amide bonds. The number of hydrogen-bond donors (Lipinski definition) is 1. The number of carbonyl (C=O) groups is 2. The van der Waals surface area contributed by atoms with Gasteiger partial charge in [0.15, 0.2) is 5.17 Å².